The van der Waals surface area contributed by atoms with Crippen molar-refractivity contribution in [1.29, 1.82) is 0 Å². The summed E-state index contributed by atoms with van der Waals surface area (Å²) >= 11 is 0. The predicted octanol–water partition coefficient (Wildman–Crippen LogP) is 3.98. The molecule has 1 N–H and O–H groups in total. The zero-order valence-corrected chi connectivity index (χ0v) is 11.8. The molecular formula is C16H12F3N3O. The third-order valence-electron chi connectivity index (χ3n) is 3.23. The Morgan fingerprint density at radius 3 is 2.74 bits per heavy atom. The molecule has 0 radical (unpaired) electrons. The van der Waals surface area contributed by atoms with Gasteiger partial charge in [-0.05, 0) is 18.2 Å². The van der Waals surface area contributed by atoms with Gasteiger partial charge in [-0.2, -0.15) is 8.78 Å². The monoisotopic (exact) mass is 319 g/mol. The van der Waals surface area contributed by atoms with Gasteiger partial charge in [-0.1, -0.05) is 18.2 Å². The van der Waals surface area contributed by atoms with Crippen molar-refractivity contribution in [3.63, 3.8) is 0 Å². The topological polar surface area (TPSA) is 47.0 Å². The highest BCUT2D eigenvalue weighted by Crippen LogP contribution is 2.24. The zero-order valence-electron chi connectivity index (χ0n) is 11.8. The van der Waals surface area contributed by atoms with Crippen LogP contribution in [0.15, 0.2) is 48.8 Å². The minimum atomic E-state index is -2.89. The molecule has 0 aliphatic rings. The van der Waals surface area contributed by atoms with E-state index in [2.05, 4.69) is 20.0 Å². The number of ether oxygens (including phenoxy) is 1. The molecule has 0 spiro atoms. The Balaban J connectivity index is 1.84. The van der Waals surface area contributed by atoms with Gasteiger partial charge in [0.25, 0.3) is 0 Å². The molecule has 118 valence electrons. The minimum Gasteiger partial charge on any atom is -0.434 e. The third-order valence-corrected chi connectivity index (χ3v) is 3.23. The van der Waals surface area contributed by atoms with Gasteiger partial charge in [-0.25, -0.2) is 14.4 Å². The van der Waals surface area contributed by atoms with Crippen molar-refractivity contribution in [2.45, 2.75) is 13.2 Å². The van der Waals surface area contributed by atoms with Crippen LogP contribution in [0, 0.1) is 5.82 Å². The Labute approximate surface area is 129 Å². The maximum atomic E-state index is 13.2. The van der Waals surface area contributed by atoms with E-state index in [1.807, 2.05) is 0 Å². The second-order valence-corrected chi connectivity index (χ2v) is 4.72. The Kier molecular flexibility index (Phi) is 4.27. The smallest absolute Gasteiger partial charge is 0.387 e. The van der Waals surface area contributed by atoms with E-state index in [1.54, 1.807) is 24.3 Å². The van der Waals surface area contributed by atoms with Gasteiger partial charge in [0, 0.05) is 23.6 Å². The number of para-hydroxylation sites is 1. The first kappa shape index (κ1) is 15.1. The highest BCUT2D eigenvalue weighted by atomic mass is 19.3. The summed E-state index contributed by atoms with van der Waals surface area (Å²) in [6.07, 6.45) is 1.31. The first-order chi connectivity index (χ1) is 11.1. The lowest BCUT2D eigenvalue weighted by molar-refractivity contribution is -0.0504. The predicted molar refractivity (Wildman–Crippen MR) is 79.9 cm³/mol. The number of nitrogens with zero attached hydrogens (tertiary/aromatic N) is 2. The van der Waals surface area contributed by atoms with Crippen molar-refractivity contribution in [1.82, 2.24) is 9.97 Å². The third kappa shape index (κ3) is 3.50. The molecule has 0 atom stereocenters. The summed E-state index contributed by atoms with van der Waals surface area (Å²) < 4.78 is 42.5. The van der Waals surface area contributed by atoms with Gasteiger partial charge in [0.2, 0.25) is 0 Å². The molecule has 0 aliphatic heterocycles. The highest BCUT2D eigenvalue weighted by Gasteiger charge is 2.10. The summed E-state index contributed by atoms with van der Waals surface area (Å²) in [5.74, 6) is 0.194. The van der Waals surface area contributed by atoms with Gasteiger partial charge in [0.05, 0.1) is 5.52 Å². The molecule has 0 unspecified atom stereocenters. The number of hydrogen-bond donors (Lipinski definition) is 1. The fourth-order valence-electron chi connectivity index (χ4n) is 2.21. The number of fused-ring (bicyclic) bond motifs is 1. The molecule has 1 aromatic heterocycles. The average Bonchev–Trinajstić information content (AvgIpc) is 2.53. The van der Waals surface area contributed by atoms with E-state index in [9.17, 15) is 13.2 Å². The van der Waals surface area contributed by atoms with Gasteiger partial charge >= 0.3 is 6.61 Å². The van der Waals surface area contributed by atoms with Crippen LogP contribution >= 0.6 is 0 Å². The van der Waals surface area contributed by atoms with Crippen molar-refractivity contribution in [2.75, 3.05) is 5.32 Å². The standard InChI is InChI=1S/C16H12F3N3O/c17-11-5-6-12-13(7-11)21-9-22-15(12)20-8-10-3-1-2-4-14(10)23-16(18)19/h1-7,9,16H,8H2,(H,20,21,22). The molecule has 1 heterocycles. The van der Waals surface area contributed by atoms with Crippen molar-refractivity contribution in [3.8, 4) is 5.75 Å². The van der Waals surface area contributed by atoms with Gasteiger partial charge in [0.1, 0.15) is 23.7 Å². The van der Waals surface area contributed by atoms with E-state index >= 15 is 0 Å². The number of aromatic nitrogens is 2. The molecule has 0 fully saturated rings. The zero-order chi connectivity index (χ0) is 16.2. The molecule has 0 amide bonds. The fourth-order valence-corrected chi connectivity index (χ4v) is 2.21. The van der Waals surface area contributed by atoms with Crippen LogP contribution in [0.5, 0.6) is 5.75 Å². The van der Waals surface area contributed by atoms with Crippen LogP contribution in [0.1, 0.15) is 5.56 Å². The maximum absolute atomic E-state index is 13.2. The molecule has 4 nitrogen and oxygen atoms in total. The first-order valence-electron chi connectivity index (χ1n) is 6.80. The van der Waals surface area contributed by atoms with E-state index in [-0.39, 0.29) is 12.3 Å². The summed E-state index contributed by atoms with van der Waals surface area (Å²) in [7, 11) is 0. The molecular weight excluding hydrogens is 307 g/mol. The second-order valence-electron chi connectivity index (χ2n) is 4.72. The van der Waals surface area contributed by atoms with E-state index in [1.165, 1.54) is 24.5 Å². The van der Waals surface area contributed by atoms with Gasteiger partial charge in [0.15, 0.2) is 0 Å². The average molecular weight is 319 g/mol. The minimum absolute atomic E-state index is 0.0967. The second kappa shape index (κ2) is 6.51. The van der Waals surface area contributed by atoms with Gasteiger partial charge in [-0.15, -0.1) is 0 Å². The van der Waals surface area contributed by atoms with E-state index in [0.717, 1.165) is 0 Å². The molecule has 7 heteroatoms. The van der Waals surface area contributed by atoms with E-state index in [4.69, 9.17) is 0 Å². The van der Waals surface area contributed by atoms with E-state index in [0.29, 0.717) is 22.3 Å². The molecule has 2 aromatic carbocycles. The van der Waals surface area contributed by atoms with Crippen LogP contribution in [0.3, 0.4) is 0 Å². The number of benzene rings is 2. The Bertz CT molecular complexity index is 827. The van der Waals surface area contributed by atoms with Crippen molar-refractivity contribution < 1.29 is 17.9 Å². The lowest BCUT2D eigenvalue weighted by Gasteiger charge is -2.12. The van der Waals surface area contributed by atoms with Crippen LogP contribution in [0.4, 0.5) is 19.0 Å². The molecule has 0 aliphatic carbocycles. The fraction of sp³-hybridized carbons (Fsp3) is 0.125. The van der Waals surface area contributed by atoms with Crippen LogP contribution in [0.2, 0.25) is 0 Å². The van der Waals surface area contributed by atoms with Gasteiger partial charge in [-0.3, -0.25) is 0 Å². The van der Waals surface area contributed by atoms with Crippen LogP contribution < -0.4 is 10.1 Å². The molecule has 3 rings (SSSR count). The Hall–Kier alpha value is -2.83. The van der Waals surface area contributed by atoms with Crippen LogP contribution in [0.25, 0.3) is 10.9 Å². The van der Waals surface area contributed by atoms with Crippen LogP contribution in [-0.4, -0.2) is 16.6 Å². The number of alkyl halides is 2. The summed E-state index contributed by atoms with van der Waals surface area (Å²) in [6.45, 7) is -2.66. The number of rotatable bonds is 5. The van der Waals surface area contributed by atoms with Crippen molar-refractivity contribution in [2.24, 2.45) is 0 Å². The Morgan fingerprint density at radius 2 is 1.91 bits per heavy atom. The highest BCUT2D eigenvalue weighted by molar-refractivity contribution is 5.88. The molecule has 0 saturated heterocycles. The quantitative estimate of drug-likeness (QED) is 0.772. The first-order valence-corrected chi connectivity index (χ1v) is 6.80. The summed E-state index contributed by atoms with van der Waals surface area (Å²) in [5, 5.41) is 3.68. The number of nitrogens with one attached hydrogen (secondary N) is 1. The maximum Gasteiger partial charge on any atom is 0.387 e. The molecule has 0 bridgehead atoms. The van der Waals surface area contributed by atoms with Gasteiger partial charge < -0.3 is 10.1 Å². The summed E-state index contributed by atoms with van der Waals surface area (Å²) in [5.41, 5.74) is 1.02. The SMILES string of the molecule is Fc1ccc2c(NCc3ccccc3OC(F)F)ncnc2c1. The number of anilines is 1. The summed E-state index contributed by atoms with van der Waals surface area (Å²) in [4.78, 5) is 8.11. The van der Waals surface area contributed by atoms with Crippen LogP contribution in [-0.2, 0) is 6.54 Å². The molecule has 3 aromatic rings. The lowest BCUT2D eigenvalue weighted by Crippen LogP contribution is -2.08. The molecule has 23 heavy (non-hydrogen) atoms. The van der Waals surface area contributed by atoms with Crippen molar-refractivity contribution >= 4 is 16.7 Å². The number of hydrogen-bond acceptors (Lipinski definition) is 4. The molecule has 0 saturated carbocycles. The largest absolute Gasteiger partial charge is 0.434 e. The lowest BCUT2D eigenvalue weighted by atomic mass is 10.2. The summed E-state index contributed by atoms with van der Waals surface area (Å²) in [6, 6.07) is 10.7. The normalized spacial score (nSPS) is 11.0. The van der Waals surface area contributed by atoms with Crippen molar-refractivity contribution in [3.05, 3.63) is 60.2 Å². The van der Waals surface area contributed by atoms with E-state index < -0.39 is 12.4 Å². The Morgan fingerprint density at radius 1 is 1.09 bits per heavy atom. The number of halogens is 3.